The second-order valence-electron chi connectivity index (χ2n) is 4.43. The van der Waals surface area contributed by atoms with Crippen LogP contribution >= 0.6 is 0 Å². The molecule has 3 nitrogen and oxygen atoms in total. The predicted octanol–water partition coefficient (Wildman–Crippen LogP) is 3.35. The van der Waals surface area contributed by atoms with Gasteiger partial charge in [-0.25, -0.2) is 9.82 Å². The Kier molecular flexibility index (Phi) is 4.60. The van der Waals surface area contributed by atoms with Crippen LogP contribution in [0.1, 0.15) is 28.8 Å². The average Bonchev–Trinajstić information content (AvgIpc) is 2.48. The van der Waals surface area contributed by atoms with Gasteiger partial charge < -0.3 is 0 Å². The van der Waals surface area contributed by atoms with Crippen molar-refractivity contribution in [1.82, 2.24) is 5.43 Å². The van der Waals surface area contributed by atoms with Crippen LogP contribution in [0.4, 0.5) is 4.39 Å². The van der Waals surface area contributed by atoms with Crippen molar-refractivity contribution in [3.63, 3.8) is 0 Å². The van der Waals surface area contributed by atoms with Crippen molar-refractivity contribution in [3.8, 4) is 0 Å². The lowest BCUT2D eigenvalue weighted by atomic mass is 10.0. The van der Waals surface area contributed by atoms with Gasteiger partial charge in [0.2, 0.25) is 0 Å². The maximum absolute atomic E-state index is 13.0. The Hall–Kier alpha value is -2.49. The maximum Gasteiger partial charge on any atom is 0.271 e. The SMILES string of the molecule is CC(C=NNC(=O)c1cccc(F)c1)c1ccccc1. The van der Waals surface area contributed by atoms with E-state index in [2.05, 4.69) is 10.5 Å². The van der Waals surface area contributed by atoms with E-state index >= 15 is 0 Å². The summed E-state index contributed by atoms with van der Waals surface area (Å²) in [5, 5.41) is 3.91. The molecule has 1 unspecified atom stereocenters. The molecule has 2 rings (SSSR count). The molecule has 0 bridgehead atoms. The van der Waals surface area contributed by atoms with Crippen molar-refractivity contribution in [3.05, 3.63) is 71.5 Å². The number of hydrogen-bond donors (Lipinski definition) is 1. The lowest BCUT2D eigenvalue weighted by Gasteiger charge is -2.05. The van der Waals surface area contributed by atoms with Crippen LogP contribution in [-0.2, 0) is 0 Å². The minimum Gasteiger partial charge on any atom is -0.267 e. The van der Waals surface area contributed by atoms with E-state index in [1.54, 1.807) is 6.21 Å². The first-order chi connectivity index (χ1) is 9.66. The van der Waals surface area contributed by atoms with E-state index in [9.17, 15) is 9.18 Å². The number of halogens is 1. The number of rotatable bonds is 4. The van der Waals surface area contributed by atoms with Gasteiger partial charge >= 0.3 is 0 Å². The Balaban J connectivity index is 1.95. The topological polar surface area (TPSA) is 41.5 Å². The van der Waals surface area contributed by atoms with Gasteiger partial charge in [-0.1, -0.05) is 43.3 Å². The van der Waals surface area contributed by atoms with Crippen LogP contribution in [-0.4, -0.2) is 12.1 Å². The third-order valence-electron chi connectivity index (χ3n) is 2.88. The minimum atomic E-state index is -0.445. The molecule has 0 saturated heterocycles. The molecule has 102 valence electrons. The summed E-state index contributed by atoms with van der Waals surface area (Å²) in [6.07, 6.45) is 1.65. The van der Waals surface area contributed by atoms with Crippen LogP contribution in [0.25, 0.3) is 0 Å². The molecule has 2 aromatic rings. The Labute approximate surface area is 117 Å². The summed E-state index contributed by atoms with van der Waals surface area (Å²) in [5.41, 5.74) is 3.74. The second-order valence-corrected chi connectivity index (χ2v) is 4.43. The highest BCUT2D eigenvalue weighted by Crippen LogP contribution is 2.11. The highest BCUT2D eigenvalue weighted by atomic mass is 19.1. The Morgan fingerprint density at radius 3 is 2.65 bits per heavy atom. The first-order valence-electron chi connectivity index (χ1n) is 6.31. The summed E-state index contributed by atoms with van der Waals surface area (Å²) in [4.78, 5) is 11.7. The first-order valence-corrected chi connectivity index (χ1v) is 6.31. The Bertz CT molecular complexity index is 611. The molecule has 1 N–H and O–H groups in total. The van der Waals surface area contributed by atoms with Crippen LogP contribution in [0.15, 0.2) is 59.7 Å². The van der Waals surface area contributed by atoms with Gasteiger partial charge in [-0.05, 0) is 23.8 Å². The minimum absolute atomic E-state index is 0.0870. The molecule has 0 aliphatic carbocycles. The van der Waals surface area contributed by atoms with Crippen LogP contribution in [0.2, 0.25) is 0 Å². The van der Waals surface area contributed by atoms with E-state index in [1.165, 1.54) is 24.3 Å². The quantitative estimate of drug-likeness (QED) is 0.672. The van der Waals surface area contributed by atoms with Crippen molar-refractivity contribution in [2.75, 3.05) is 0 Å². The molecule has 0 aliphatic heterocycles. The molecule has 0 aliphatic rings. The smallest absolute Gasteiger partial charge is 0.267 e. The summed E-state index contributed by atoms with van der Waals surface area (Å²) in [6.45, 7) is 1.98. The molecular weight excluding hydrogens is 255 g/mol. The fraction of sp³-hybridized carbons (Fsp3) is 0.125. The van der Waals surface area contributed by atoms with E-state index in [0.717, 1.165) is 5.56 Å². The Morgan fingerprint density at radius 2 is 1.95 bits per heavy atom. The average molecular weight is 270 g/mol. The van der Waals surface area contributed by atoms with Gasteiger partial charge in [0.05, 0.1) is 0 Å². The maximum atomic E-state index is 13.0. The van der Waals surface area contributed by atoms with E-state index in [-0.39, 0.29) is 11.5 Å². The third kappa shape index (κ3) is 3.75. The van der Waals surface area contributed by atoms with Crippen molar-refractivity contribution in [1.29, 1.82) is 0 Å². The number of hydrogen-bond acceptors (Lipinski definition) is 2. The van der Waals surface area contributed by atoms with Gasteiger partial charge in [-0.15, -0.1) is 0 Å². The summed E-state index contributed by atoms with van der Waals surface area (Å²) in [5.74, 6) is -0.788. The molecule has 0 saturated carbocycles. The molecule has 0 aromatic heterocycles. The number of nitrogens with zero attached hydrogens (tertiary/aromatic N) is 1. The Morgan fingerprint density at radius 1 is 1.20 bits per heavy atom. The predicted molar refractivity (Wildman–Crippen MR) is 77.2 cm³/mol. The lowest BCUT2D eigenvalue weighted by molar-refractivity contribution is 0.0954. The summed E-state index contributed by atoms with van der Waals surface area (Å²) >= 11 is 0. The van der Waals surface area contributed by atoms with Gasteiger partial charge in [-0.2, -0.15) is 5.10 Å². The van der Waals surface area contributed by atoms with Crippen LogP contribution < -0.4 is 5.43 Å². The fourth-order valence-electron chi connectivity index (χ4n) is 1.74. The molecule has 0 spiro atoms. The van der Waals surface area contributed by atoms with E-state index in [1.807, 2.05) is 37.3 Å². The van der Waals surface area contributed by atoms with Crippen molar-refractivity contribution in [2.24, 2.45) is 5.10 Å². The highest BCUT2D eigenvalue weighted by molar-refractivity contribution is 5.94. The summed E-state index contributed by atoms with van der Waals surface area (Å²) < 4.78 is 13.0. The van der Waals surface area contributed by atoms with Crippen molar-refractivity contribution >= 4 is 12.1 Å². The monoisotopic (exact) mass is 270 g/mol. The number of benzene rings is 2. The molecule has 0 heterocycles. The molecule has 1 atom stereocenters. The van der Waals surface area contributed by atoms with Crippen LogP contribution in [0.3, 0.4) is 0 Å². The van der Waals surface area contributed by atoms with Gasteiger partial charge in [0.25, 0.3) is 5.91 Å². The molecule has 20 heavy (non-hydrogen) atoms. The molecular formula is C16H15FN2O. The second kappa shape index (κ2) is 6.61. The van der Waals surface area contributed by atoms with Gasteiger partial charge in [0.15, 0.2) is 0 Å². The number of carbonyl (C=O) groups excluding carboxylic acids is 1. The summed E-state index contributed by atoms with van der Waals surface area (Å²) in [7, 11) is 0. The van der Waals surface area contributed by atoms with E-state index in [4.69, 9.17) is 0 Å². The lowest BCUT2D eigenvalue weighted by Crippen LogP contribution is -2.18. The number of carbonyl (C=O) groups is 1. The van der Waals surface area contributed by atoms with Gasteiger partial charge in [0, 0.05) is 17.7 Å². The molecule has 0 radical (unpaired) electrons. The number of nitrogens with one attached hydrogen (secondary N) is 1. The number of amides is 1. The van der Waals surface area contributed by atoms with E-state index in [0.29, 0.717) is 0 Å². The third-order valence-corrected chi connectivity index (χ3v) is 2.88. The molecule has 2 aromatic carbocycles. The fourth-order valence-corrected chi connectivity index (χ4v) is 1.74. The van der Waals surface area contributed by atoms with Gasteiger partial charge in [-0.3, -0.25) is 4.79 Å². The highest BCUT2D eigenvalue weighted by Gasteiger charge is 2.05. The van der Waals surface area contributed by atoms with E-state index < -0.39 is 11.7 Å². The first kappa shape index (κ1) is 13.9. The standard InChI is InChI=1S/C16H15FN2O/c1-12(13-6-3-2-4-7-13)11-18-19-16(20)14-8-5-9-15(17)10-14/h2-12H,1H3,(H,19,20). The van der Waals surface area contributed by atoms with Crippen LogP contribution in [0, 0.1) is 5.82 Å². The van der Waals surface area contributed by atoms with Crippen molar-refractivity contribution in [2.45, 2.75) is 12.8 Å². The van der Waals surface area contributed by atoms with Crippen LogP contribution in [0.5, 0.6) is 0 Å². The largest absolute Gasteiger partial charge is 0.271 e. The number of hydrazone groups is 1. The molecule has 0 fully saturated rings. The molecule has 4 heteroatoms. The van der Waals surface area contributed by atoms with Gasteiger partial charge in [0.1, 0.15) is 5.82 Å². The zero-order valence-electron chi connectivity index (χ0n) is 11.1. The zero-order valence-corrected chi connectivity index (χ0v) is 11.1. The zero-order chi connectivity index (χ0) is 14.4. The summed E-state index contributed by atoms with van der Waals surface area (Å²) in [6, 6.07) is 15.3. The van der Waals surface area contributed by atoms with Crippen molar-refractivity contribution < 1.29 is 9.18 Å². The molecule has 1 amide bonds. The normalized spacial score (nSPS) is 12.3.